The topological polar surface area (TPSA) is 89.3 Å². The molecule has 1 N–H and O–H groups in total. The van der Waals surface area contributed by atoms with E-state index in [9.17, 15) is 9.18 Å². The van der Waals surface area contributed by atoms with Crippen molar-refractivity contribution in [1.82, 2.24) is 30.2 Å². The van der Waals surface area contributed by atoms with Crippen LogP contribution in [0, 0.1) is 19.7 Å². The number of tetrazole rings is 1. The highest BCUT2D eigenvalue weighted by Crippen LogP contribution is 2.34. The van der Waals surface area contributed by atoms with Crippen LogP contribution in [0.3, 0.4) is 0 Å². The van der Waals surface area contributed by atoms with Gasteiger partial charge in [0.25, 0.3) is 5.56 Å². The Morgan fingerprint density at radius 1 is 1.33 bits per heavy atom. The van der Waals surface area contributed by atoms with Crippen LogP contribution in [0.25, 0.3) is 15.9 Å². The van der Waals surface area contributed by atoms with E-state index >= 15 is 0 Å². The van der Waals surface area contributed by atoms with Gasteiger partial charge < -0.3 is 4.98 Å². The van der Waals surface area contributed by atoms with Crippen LogP contribution in [-0.2, 0) is 0 Å². The van der Waals surface area contributed by atoms with Gasteiger partial charge in [-0.1, -0.05) is 17.8 Å². The SMILES string of the molecule is Cc1sc2nc([C@@H](C)Sc3nnnn3-c3cccc(F)c3)[nH]c(=O)c2c1C. The van der Waals surface area contributed by atoms with Crippen LogP contribution in [0.15, 0.2) is 34.2 Å². The Bertz CT molecular complexity index is 1200. The molecule has 0 saturated heterocycles. The number of aryl methyl sites for hydroxylation is 2. The molecule has 10 heteroatoms. The minimum Gasteiger partial charge on any atom is -0.309 e. The Labute approximate surface area is 161 Å². The quantitative estimate of drug-likeness (QED) is 0.525. The predicted molar refractivity (Wildman–Crippen MR) is 103 cm³/mol. The summed E-state index contributed by atoms with van der Waals surface area (Å²) in [7, 11) is 0. The normalized spacial score (nSPS) is 12.6. The number of nitrogens with zero attached hydrogens (tertiary/aromatic N) is 5. The number of benzene rings is 1. The van der Waals surface area contributed by atoms with E-state index in [2.05, 4.69) is 25.5 Å². The number of aromatic amines is 1. The van der Waals surface area contributed by atoms with Gasteiger partial charge in [0.2, 0.25) is 5.16 Å². The van der Waals surface area contributed by atoms with E-state index in [1.165, 1.54) is 39.9 Å². The minimum atomic E-state index is -0.369. The summed E-state index contributed by atoms with van der Waals surface area (Å²) in [5.41, 5.74) is 1.34. The zero-order valence-electron chi connectivity index (χ0n) is 14.7. The van der Waals surface area contributed by atoms with Gasteiger partial charge >= 0.3 is 0 Å². The summed E-state index contributed by atoms with van der Waals surface area (Å²) < 4.78 is 15.0. The number of halogens is 1. The van der Waals surface area contributed by atoms with Crippen molar-refractivity contribution in [1.29, 1.82) is 0 Å². The van der Waals surface area contributed by atoms with Gasteiger partial charge in [-0.15, -0.1) is 16.4 Å². The lowest BCUT2D eigenvalue weighted by Gasteiger charge is -2.10. The number of aromatic nitrogens is 6. The molecule has 7 nitrogen and oxygen atoms in total. The van der Waals surface area contributed by atoms with Crippen LogP contribution in [0.1, 0.15) is 28.4 Å². The van der Waals surface area contributed by atoms with E-state index in [-0.39, 0.29) is 16.6 Å². The molecule has 0 fully saturated rings. The average molecular weight is 402 g/mol. The second kappa shape index (κ2) is 6.86. The summed E-state index contributed by atoms with van der Waals surface area (Å²) in [5, 5.41) is 12.6. The van der Waals surface area contributed by atoms with Crippen LogP contribution < -0.4 is 5.56 Å². The van der Waals surface area contributed by atoms with Gasteiger partial charge in [-0.25, -0.2) is 9.37 Å². The predicted octanol–water partition coefficient (Wildman–Crippen LogP) is 3.57. The first-order valence-electron chi connectivity index (χ1n) is 8.15. The lowest BCUT2D eigenvalue weighted by molar-refractivity contribution is 0.623. The highest BCUT2D eigenvalue weighted by Gasteiger charge is 2.19. The molecule has 0 spiro atoms. The summed E-state index contributed by atoms with van der Waals surface area (Å²) in [5.74, 6) is 0.180. The zero-order chi connectivity index (χ0) is 19.1. The minimum absolute atomic E-state index is 0.144. The van der Waals surface area contributed by atoms with Gasteiger partial charge in [0, 0.05) is 4.88 Å². The molecule has 0 saturated carbocycles. The van der Waals surface area contributed by atoms with Crippen molar-refractivity contribution >= 4 is 33.3 Å². The second-order valence-electron chi connectivity index (χ2n) is 6.03. The molecule has 0 unspecified atom stereocenters. The highest BCUT2D eigenvalue weighted by atomic mass is 32.2. The molecule has 4 rings (SSSR count). The van der Waals surface area contributed by atoms with Gasteiger partial charge in [0.05, 0.1) is 16.3 Å². The molecule has 1 aromatic carbocycles. The van der Waals surface area contributed by atoms with Crippen LogP contribution in [0.2, 0.25) is 0 Å². The monoisotopic (exact) mass is 402 g/mol. The smallest absolute Gasteiger partial charge is 0.259 e. The molecular weight excluding hydrogens is 387 g/mol. The molecule has 0 aliphatic rings. The first kappa shape index (κ1) is 17.8. The number of H-pyrrole nitrogens is 1. The third kappa shape index (κ3) is 3.26. The van der Waals surface area contributed by atoms with E-state index in [0.29, 0.717) is 22.1 Å². The van der Waals surface area contributed by atoms with Gasteiger partial charge in [-0.2, -0.15) is 4.68 Å². The molecule has 3 aromatic heterocycles. The van der Waals surface area contributed by atoms with Crippen LogP contribution in [0.4, 0.5) is 4.39 Å². The van der Waals surface area contributed by atoms with E-state index in [1.54, 1.807) is 12.1 Å². The number of hydrogen-bond acceptors (Lipinski definition) is 7. The van der Waals surface area contributed by atoms with Gasteiger partial charge in [0.1, 0.15) is 16.5 Å². The Morgan fingerprint density at radius 3 is 2.93 bits per heavy atom. The lowest BCUT2D eigenvalue weighted by atomic mass is 10.2. The van der Waals surface area contributed by atoms with Crippen molar-refractivity contribution in [3.8, 4) is 5.69 Å². The van der Waals surface area contributed by atoms with Crippen molar-refractivity contribution in [2.45, 2.75) is 31.2 Å². The molecule has 138 valence electrons. The molecule has 27 heavy (non-hydrogen) atoms. The third-order valence-electron chi connectivity index (χ3n) is 4.22. The second-order valence-corrected chi connectivity index (χ2v) is 8.54. The first-order valence-corrected chi connectivity index (χ1v) is 9.84. The van der Waals surface area contributed by atoms with Crippen molar-refractivity contribution in [3.05, 3.63) is 56.7 Å². The molecular formula is C17H15FN6OS2. The summed E-state index contributed by atoms with van der Waals surface area (Å²) >= 11 is 2.84. The Hall–Kier alpha value is -2.59. The van der Waals surface area contributed by atoms with Crippen LogP contribution in [0.5, 0.6) is 0 Å². The van der Waals surface area contributed by atoms with Crippen molar-refractivity contribution in [2.24, 2.45) is 0 Å². The molecule has 0 amide bonds. The molecule has 0 aliphatic carbocycles. The summed E-state index contributed by atoms with van der Waals surface area (Å²) in [6.07, 6.45) is 0. The summed E-state index contributed by atoms with van der Waals surface area (Å²) in [6.45, 7) is 5.81. The van der Waals surface area contributed by atoms with Gasteiger partial charge in [-0.05, 0) is 55.0 Å². The fourth-order valence-corrected chi connectivity index (χ4v) is 4.60. The maximum atomic E-state index is 13.5. The number of thioether (sulfide) groups is 1. The molecule has 0 bridgehead atoms. The fraction of sp³-hybridized carbons (Fsp3) is 0.235. The maximum Gasteiger partial charge on any atom is 0.259 e. The largest absolute Gasteiger partial charge is 0.309 e. The van der Waals surface area contributed by atoms with E-state index in [1.807, 2.05) is 20.8 Å². The molecule has 0 aliphatic heterocycles. The number of thiophene rings is 1. The average Bonchev–Trinajstić information content (AvgIpc) is 3.19. The standard InChI is InChI=1S/C17H15FN6OS2/c1-8-9(2)26-16-13(8)15(25)19-14(20-16)10(3)27-17-21-22-23-24(17)12-6-4-5-11(18)7-12/h4-7,10H,1-3H3,(H,19,20,25)/t10-/m1/s1. The van der Waals surface area contributed by atoms with E-state index in [0.717, 1.165) is 15.3 Å². The number of nitrogens with one attached hydrogen (secondary N) is 1. The van der Waals surface area contributed by atoms with Crippen LogP contribution in [-0.4, -0.2) is 30.2 Å². The van der Waals surface area contributed by atoms with E-state index < -0.39 is 0 Å². The van der Waals surface area contributed by atoms with E-state index in [4.69, 9.17) is 0 Å². The van der Waals surface area contributed by atoms with Gasteiger partial charge in [0.15, 0.2) is 0 Å². The summed E-state index contributed by atoms with van der Waals surface area (Å²) in [6, 6.07) is 6.03. The zero-order valence-corrected chi connectivity index (χ0v) is 16.4. The fourth-order valence-electron chi connectivity index (χ4n) is 2.70. The Kier molecular flexibility index (Phi) is 4.52. The number of hydrogen-bond donors (Lipinski definition) is 1. The molecule has 0 radical (unpaired) electrons. The lowest BCUT2D eigenvalue weighted by Crippen LogP contribution is -2.12. The van der Waals surface area contributed by atoms with Crippen molar-refractivity contribution in [2.75, 3.05) is 0 Å². The molecule has 3 heterocycles. The Balaban J connectivity index is 1.68. The third-order valence-corrected chi connectivity index (χ3v) is 6.36. The first-order chi connectivity index (χ1) is 12.9. The molecule has 4 aromatic rings. The number of rotatable bonds is 4. The van der Waals surface area contributed by atoms with Crippen LogP contribution >= 0.6 is 23.1 Å². The van der Waals surface area contributed by atoms with Crippen molar-refractivity contribution in [3.63, 3.8) is 0 Å². The maximum absolute atomic E-state index is 13.5. The van der Waals surface area contributed by atoms with Crippen molar-refractivity contribution < 1.29 is 4.39 Å². The molecule has 1 atom stereocenters. The summed E-state index contributed by atoms with van der Waals surface area (Å²) in [4.78, 5) is 21.8. The number of fused-ring (bicyclic) bond motifs is 1. The highest BCUT2D eigenvalue weighted by molar-refractivity contribution is 7.99. The Morgan fingerprint density at radius 2 is 2.15 bits per heavy atom. The van der Waals surface area contributed by atoms with Gasteiger partial charge in [-0.3, -0.25) is 4.79 Å².